The van der Waals surface area contributed by atoms with Crippen molar-refractivity contribution >= 4 is 11.7 Å². The highest BCUT2D eigenvalue weighted by Crippen LogP contribution is 2.18. The Morgan fingerprint density at radius 1 is 1.28 bits per heavy atom. The lowest BCUT2D eigenvalue weighted by Crippen LogP contribution is -2.38. The number of Topliss-reactive ketones (excluding diaryl/α,β-unsaturated/α-hetero) is 1. The Kier molecular flexibility index (Phi) is 3.50. The summed E-state index contributed by atoms with van der Waals surface area (Å²) in [4.78, 5) is 24.0. The summed E-state index contributed by atoms with van der Waals surface area (Å²) in [7, 11) is 1.77. The predicted molar refractivity (Wildman–Crippen MR) is 67.4 cm³/mol. The van der Waals surface area contributed by atoms with Gasteiger partial charge in [0.25, 0.3) is 11.7 Å². The largest absolute Gasteiger partial charge is 0.346 e. The Hall–Kier alpha value is -1.65. The van der Waals surface area contributed by atoms with Crippen molar-refractivity contribution in [3.8, 4) is 0 Å². The van der Waals surface area contributed by atoms with Crippen molar-refractivity contribution in [3.05, 3.63) is 17.0 Å². The van der Waals surface area contributed by atoms with E-state index in [1.807, 2.05) is 0 Å². The van der Waals surface area contributed by atoms with Crippen molar-refractivity contribution in [2.75, 3.05) is 0 Å². The van der Waals surface area contributed by atoms with Crippen molar-refractivity contribution in [3.63, 3.8) is 0 Å². The molecule has 1 heterocycles. The zero-order valence-electron chi connectivity index (χ0n) is 11.1. The molecule has 5 nitrogen and oxygen atoms in total. The van der Waals surface area contributed by atoms with Crippen LogP contribution in [0.5, 0.6) is 0 Å². The summed E-state index contributed by atoms with van der Waals surface area (Å²) in [5.74, 6) is -0.967. The van der Waals surface area contributed by atoms with E-state index in [-0.39, 0.29) is 6.04 Å². The normalized spacial score (nSPS) is 15.9. The van der Waals surface area contributed by atoms with Gasteiger partial charge >= 0.3 is 0 Å². The molecule has 1 aromatic rings. The third-order valence-corrected chi connectivity index (χ3v) is 3.63. The molecule has 0 spiro atoms. The molecule has 18 heavy (non-hydrogen) atoms. The molecule has 0 bridgehead atoms. The van der Waals surface area contributed by atoms with Gasteiger partial charge in [-0.2, -0.15) is 5.10 Å². The molecule has 2 rings (SSSR count). The molecule has 1 aliphatic carbocycles. The van der Waals surface area contributed by atoms with Crippen molar-refractivity contribution in [2.24, 2.45) is 7.05 Å². The zero-order chi connectivity index (χ0) is 13.3. The smallest absolute Gasteiger partial charge is 0.292 e. The van der Waals surface area contributed by atoms with Crippen LogP contribution in [0.3, 0.4) is 0 Å². The Morgan fingerprint density at radius 3 is 2.39 bits per heavy atom. The lowest BCUT2D eigenvalue weighted by Gasteiger charge is -2.10. The van der Waals surface area contributed by atoms with Crippen LogP contribution in [0.4, 0.5) is 0 Å². The molecule has 5 heteroatoms. The van der Waals surface area contributed by atoms with E-state index in [9.17, 15) is 9.59 Å². The second-order valence-electron chi connectivity index (χ2n) is 4.95. The third kappa shape index (κ3) is 2.30. The molecule has 1 amide bonds. The molecular formula is C13H19N3O2. The summed E-state index contributed by atoms with van der Waals surface area (Å²) in [5, 5.41) is 6.98. The Morgan fingerprint density at radius 2 is 1.89 bits per heavy atom. The van der Waals surface area contributed by atoms with Gasteiger partial charge in [0.05, 0.1) is 11.3 Å². The summed E-state index contributed by atoms with van der Waals surface area (Å²) in [6.07, 6.45) is 4.21. The number of nitrogens with one attached hydrogen (secondary N) is 1. The summed E-state index contributed by atoms with van der Waals surface area (Å²) in [6, 6.07) is 0.165. The minimum atomic E-state index is -0.499. The highest BCUT2D eigenvalue weighted by atomic mass is 16.2. The zero-order valence-corrected chi connectivity index (χ0v) is 11.1. The molecule has 1 saturated carbocycles. The van der Waals surface area contributed by atoms with Gasteiger partial charge in [0.2, 0.25) is 0 Å². The Balaban J connectivity index is 2.12. The molecule has 1 fully saturated rings. The van der Waals surface area contributed by atoms with Gasteiger partial charge in [-0.1, -0.05) is 12.8 Å². The summed E-state index contributed by atoms with van der Waals surface area (Å²) >= 11 is 0. The van der Waals surface area contributed by atoms with Crippen LogP contribution < -0.4 is 5.32 Å². The Bertz CT molecular complexity index is 485. The van der Waals surface area contributed by atoms with E-state index >= 15 is 0 Å². The standard InChI is InChI=1S/C13H19N3O2/c1-8-11(9(2)16(3)15-8)12(17)13(18)14-10-6-4-5-7-10/h10H,4-7H2,1-3H3,(H,14,18). The Labute approximate surface area is 107 Å². The van der Waals surface area contributed by atoms with E-state index in [0.717, 1.165) is 31.4 Å². The maximum absolute atomic E-state index is 12.1. The van der Waals surface area contributed by atoms with E-state index in [4.69, 9.17) is 0 Å². The minimum Gasteiger partial charge on any atom is -0.346 e. The molecule has 98 valence electrons. The van der Waals surface area contributed by atoms with Gasteiger partial charge in [0.1, 0.15) is 0 Å². The predicted octanol–water partition coefficient (Wildman–Crippen LogP) is 1.28. The molecular weight excluding hydrogens is 230 g/mol. The molecule has 0 unspecified atom stereocenters. The SMILES string of the molecule is Cc1nn(C)c(C)c1C(=O)C(=O)NC1CCCC1. The number of carbonyl (C=O) groups excluding carboxylic acids is 2. The van der Waals surface area contributed by atoms with Crippen LogP contribution in [0, 0.1) is 13.8 Å². The number of hydrogen-bond donors (Lipinski definition) is 1. The molecule has 1 aliphatic rings. The van der Waals surface area contributed by atoms with Crippen molar-refractivity contribution in [1.82, 2.24) is 15.1 Å². The van der Waals surface area contributed by atoms with Gasteiger partial charge in [-0.15, -0.1) is 0 Å². The van der Waals surface area contributed by atoms with Gasteiger partial charge < -0.3 is 5.32 Å². The van der Waals surface area contributed by atoms with E-state index in [1.54, 1.807) is 25.6 Å². The minimum absolute atomic E-state index is 0.165. The van der Waals surface area contributed by atoms with E-state index < -0.39 is 11.7 Å². The molecule has 0 atom stereocenters. The van der Waals surface area contributed by atoms with Gasteiger partial charge in [-0.25, -0.2) is 0 Å². The molecule has 0 aromatic carbocycles. The number of aryl methyl sites for hydroxylation is 2. The van der Waals surface area contributed by atoms with Gasteiger partial charge in [-0.05, 0) is 26.7 Å². The fourth-order valence-electron chi connectivity index (χ4n) is 2.54. The molecule has 0 aliphatic heterocycles. The first-order valence-corrected chi connectivity index (χ1v) is 6.36. The number of carbonyl (C=O) groups is 2. The van der Waals surface area contributed by atoms with Crippen LogP contribution in [-0.4, -0.2) is 27.5 Å². The number of hydrogen-bond acceptors (Lipinski definition) is 3. The first-order chi connectivity index (χ1) is 8.50. The molecule has 0 radical (unpaired) electrons. The molecule has 1 N–H and O–H groups in total. The quantitative estimate of drug-likeness (QED) is 0.648. The third-order valence-electron chi connectivity index (χ3n) is 3.63. The average molecular weight is 249 g/mol. The van der Waals surface area contributed by atoms with Crippen LogP contribution >= 0.6 is 0 Å². The number of amides is 1. The van der Waals surface area contributed by atoms with Crippen molar-refractivity contribution < 1.29 is 9.59 Å². The monoisotopic (exact) mass is 249 g/mol. The topological polar surface area (TPSA) is 64.0 Å². The number of ketones is 1. The highest BCUT2D eigenvalue weighted by molar-refractivity contribution is 6.43. The van der Waals surface area contributed by atoms with Crippen molar-refractivity contribution in [2.45, 2.75) is 45.6 Å². The second kappa shape index (κ2) is 4.92. The first kappa shape index (κ1) is 12.8. The van der Waals surface area contributed by atoms with Crippen molar-refractivity contribution in [1.29, 1.82) is 0 Å². The summed E-state index contributed by atoms with van der Waals surface area (Å²) in [5.41, 5.74) is 1.79. The van der Waals surface area contributed by atoms with E-state index in [1.165, 1.54) is 0 Å². The maximum Gasteiger partial charge on any atom is 0.292 e. The lowest BCUT2D eigenvalue weighted by molar-refractivity contribution is -0.117. The van der Waals surface area contributed by atoms with Crippen LogP contribution in [0.1, 0.15) is 47.4 Å². The molecule has 1 aromatic heterocycles. The lowest BCUT2D eigenvalue weighted by atomic mass is 10.1. The van der Waals surface area contributed by atoms with E-state index in [0.29, 0.717) is 11.3 Å². The van der Waals surface area contributed by atoms with Gasteiger partial charge in [0, 0.05) is 18.8 Å². The number of nitrogens with zero attached hydrogens (tertiary/aromatic N) is 2. The average Bonchev–Trinajstić information content (AvgIpc) is 2.88. The van der Waals surface area contributed by atoms with Crippen LogP contribution in [0.25, 0.3) is 0 Å². The van der Waals surface area contributed by atoms with Crippen LogP contribution in [-0.2, 0) is 11.8 Å². The second-order valence-corrected chi connectivity index (χ2v) is 4.95. The summed E-state index contributed by atoms with van der Waals surface area (Å²) < 4.78 is 1.63. The fraction of sp³-hybridized carbons (Fsp3) is 0.615. The van der Waals surface area contributed by atoms with Gasteiger partial charge in [-0.3, -0.25) is 14.3 Å². The maximum atomic E-state index is 12.1. The van der Waals surface area contributed by atoms with Crippen LogP contribution in [0.2, 0.25) is 0 Å². The summed E-state index contributed by atoms with van der Waals surface area (Å²) in [6.45, 7) is 3.55. The van der Waals surface area contributed by atoms with E-state index in [2.05, 4.69) is 10.4 Å². The molecule has 0 saturated heterocycles. The number of aromatic nitrogens is 2. The number of rotatable bonds is 3. The van der Waals surface area contributed by atoms with Gasteiger partial charge in [0.15, 0.2) is 0 Å². The highest BCUT2D eigenvalue weighted by Gasteiger charge is 2.26. The van der Waals surface area contributed by atoms with Crippen LogP contribution in [0.15, 0.2) is 0 Å². The first-order valence-electron chi connectivity index (χ1n) is 6.36. The fourth-order valence-corrected chi connectivity index (χ4v) is 2.54.